The second-order valence-corrected chi connectivity index (χ2v) is 6.31. The lowest BCUT2D eigenvalue weighted by molar-refractivity contribution is -0.0640. The van der Waals surface area contributed by atoms with Gasteiger partial charge in [-0.1, -0.05) is 44.2 Å². The first-order chi connectivity index (χ1) is 10.6. The highest BCUT2D eigenvalue weighted by Gasteiger charge is 2.27. The molecule has 1 N–H and O–H groups in total. The Morgan fingerprint density at radius 2 is 2.09 bits per heavy atom. The van der Waals surface area contributed by atoms with Gasteiger partial charge in [0.2, 0.25) is 0 Å². The standard InChI is InChI=1S/C17H24N4O/c1-12(2)17-18-16(19-20-17)10-21-9-15(22-11-13(21)3)14-7-5-4-6-8-14/h4-8,12-13,15H,9-11H2,1-3H3,(H,18,19,20). The zero-order chi connectivity index (χ0) is 15.5. The molecule has 1 saturated heterocycles. The molecular formula is C17H24N4O. The fraction of sp³-hybridized carbons (Fsp3) is 0.529. The van der Waals surface area contributed by atoms with Crippen LogP contribution in [0.2, 0.25) is 0 Å². The largest absolute Gasteiger partial charge is 0.371 e. The van der Waals surface area contributed by atoms with Crippen molar-refractivity contribution in [2.45, 2.75) is 45.4 Å². The van der Waals surface area contributed by atoms with Gasteiger partial charge in [0.1, 0.15) is 5.82 Å². The monoisotopic (exact) mass is 300 g/mol. The van der Waals surface area contributed by atoms with Crippen LogP contribution in [0.15, 0.2) is 30.3 Å². The molecule has 1 aliphatic rings. The highest BCUT2D eigenvalue weighted by molar-refractivity contribution is 5.18. The Morgan fingerprint density at radius 3 is 2.77 bits per heavy atom. The molecule has 0 amide bonds. The molecule has 0 spiro atoms. The van der Waals surface area contributed by atoms with E-state index in [9.17, 15) is 0 Å². The molecule has 1 fully saturated rings. The third-order valence-corrected chi connectivity index (χ3v) is 4.15. The molecule has 0 bridgehead atoms. The summed E-state index contributed by atoms with van der Waals surface area (Å²) in [5, 5.41) is 7.36. The van der Waals surface area contributed by atoms with E-state index in [4.69, 9.17) is 4.74 Å². The summed E-state index contributed by atoms with van der Waals surface area (Å²) in [6.07, 6.45) is 0.130. The summed E-state index contributed by atoms with van der Waals surface area (Å²) in [7, 11) is 0. The van der Waals surface area contributed by atoms with Gasteiger partial charge in [-0.3, -0.25) is 10.00 Å². The Morgan fingerprint density at radius 1 is 1.32 bits per heavy atom. The Balaban J connectivity index is 1.68. The summed E-state index contributed by atoms with van der Waals surface area (Å²) in [6.45, 7) is 8.81. The quantitative estimate of drug-likeness (QED) is 0.943. The molecule has 2 unspecified atom stereocenters. The maximum absolute atomic E-state index is 6.00. The van der Waals surface area contributed by atoms with E-state index in [1.54, 1.807) is 0 Å². The average molecular weight is 300 g/mol. The van der Waals surface area contributed by atoms with Crippen molar-refractivity contribution < 1.29 is 4.74 Å². The van der Waals surface area contributed by atoms with Gasteiger partial charge in [0.15, 0.2) is 5.82 Å². The maximum atomic E-state index is 6.00. The first kappa shape index (κ1) is 15.2. The number of benzene rings is 1. The van der Waals surface area contributed by atoms with E-state index in [2.05, 4.69) is 65.1 Å². The summed E-state index contributed by atoms with van der Waals surface area (Å²) in [5.41, 5.74) is 1.24. The van der Waals surface area contributed by atoms with Gasteiger partial charge >= 0.3 is 0 Å². The molecule has 2 aromatic rings. The Hall–Kier alpha value is -1.72. The van der Waals surface area contributed by atoms with E-state index in [0.717, 1.165) is 31.3 Å². The highest BCUT2D eigenvalue weighted by atomic mass is 16.5. The van der Waals surface area contributed by atoms with Crippen LogP contribution in [-0.4, -0.2) is 39.3 Å². The third kappa shape index (κ3) is 3.36. The zero-order valence-corrected chi connectivity index (χ0v) is 13.5. The first-order valence-electron chi connectivity index (χ1n) is 7.95. The number of H-pyrrole nitrogens is 1. The van der Waals surface area contributed by atoms with Crippen molar-refractivity contribution >= 4 is 0 Å². The molecule has 0 aliphatic carbocycles. The van der Waals surface area contributed by atoms with Crippen molar-refractivity contribution in [1.29, 1.82) is 0 Å². The van der Waals surface area contributed by atoms with Gasteiger partial charge in [-0.05, 0) is 12.5 Å². The Bertz CT molecular complexity index is 596. The van der Waals surface area contributed by atoms with Crippen molar-refractivity contribution in [3.05, 3.63) is 47.5 Å². The van der Waals surface area contributed by atoms with E-state index < -0.39 is 0 Å². The minimum Gasteiger partial charge on any atom is -0.371 e. The highest BCUT2D eigenvalue weighted by Crippen LogP contribution is 2.25. The zero-order valence-electron chi connectivity index (χ0n) is 13.5. The van der Waals surface area contributed by atoms with Crippen LogP contribution in [0.5, 0.6) is 0 Å². The lowest BCUT2D eigenvalue weighted by atomic mass is 10.1. The number of nitrogens with one attached hydrogen (secondary N) is 1. The van der Waals surface area contributed by atoms with Crippen molar-refractivity contribution in [2.24, 2.45) is 0 Å². The van der Waals surface area contributed by atoms with Crippen LogP contribution in [-0.2, 0) is 11.3 Å². The summed E-state index contributed by atoms with van der Waals surface area (Å²) in [4.78, 5) is 7.00. The normalized spacial score (nSPS) is 23.1. The smallest absolute Gasteiger partial charge is 0.153 e. The number of nitrogens with zero attached hydrogens (tertiary/aromatic N) is 3. The van der Waals surface area contributed by atoms with Gasteiger partial charge in [-0.25, -0.2) is 4.98 Å². The van der Waals surface area contributed by atoms with Gasteiger partial charge in [0.05, 0.1) is 19.3 Å². The number of rotatable bonds is 4. The van der Waals surface area contributed by atoms with E-state index in [0.29, 0.717) is 12.0 Å². The number of aromatic nitrogens is 3. The SMILES string of the molecule is CC(C)c1n[nH]c(CN2CC(c3ccccc3)OCC2C)n1. The van der Waals surface area contributed by atoms with Crippen LogP contribution >= 0.6 is 0 Å². The number of morpholine rings is 1. The van der Waals surface area contributed by atoms with Crippen LogP contribution in [0.4, 0.5) is 0 Å². The molecule has 2 heterocycles. The van der Waals surface area contributed by atoms with Crippen molar-refractivity contribution in [3.63, 3.8) is 0 Å². The number of hydrogen-bond acceptors (Lipinski definition) is 4. The summed E-state index contributed by atoms with van der Waals surface area (Å²) < 4.78 is 6.00. The van der Waals surface area contributed by atoms with Crippen LogP contribution < -0.4 is 0 Å². The van der Waals surface area contributed by atoms with Crippen molar-refractivity contribution in [1.82, 2.24) is 20.1 Å². The molecule has 0 radical (unpaired) electrons. The molecule has 118 valence electrons. The second-order valence-electron chi connectivity index (χ2n) is 6.31. The first-order valence-corrected chi connectivity index (χ1v) is 7.95. The molecule has 1 aromatic heterocycles. The second kappa shape index (κ2) is 6.58. The number of ether oxygens (including phenoxy) is 1. The topological polar surface area (TPSA) is 54.0 Å². The number of hydrogen-bond donors (Lipinski definition) is 1. The minimum absolute atomic E-state index is 0.130. The molecular weight excluding hydrogens is 276 g/mol. The fourth-order valence-corrected chi connectivity index (χ4v) is 2.73. The summed E-state index contributed by atoms with van der Waals surface area (Å²) in [6, 6.07) is 10.8. The molecule has 5 heteroatoms. The van der Waals surface area contributed by atoms with Crippen LogP contribution in [0.25, 0.3) is 0 Å². The predicted octanol–water partition coefficient (Wildman–Crippen LogP) is 2.89. The molecule has 5 nitrogen and oxygen atoms in total. The molecule has 3 rings (SSSR count). The summed E-state index contributed by atoms with van der Waals surface area (Å²) in [5.74, 6) is 2.17. The van der Waals surface area contributed by atoms with Gasteiger partial charge in [0.25, 0.3) is 0 Å². The van der Waals surface area contributed by atoms with Gasteiger partial charge in [-0.2, -0.15) is 5.10 Å². The van der Waals surface area contributed by atoms with E-state index in [1.165, 1.54) is 5.56 Å². The van der Waals surface area contributed by atoms with Crippen molar-refractivity contribution in [3.8, 4) is 0 Å². The lowest BCUT2D eigenvalue weighted by Crippen LogP contribution is -2.44. The fourth-order valence-electron chi connectivity index (χ4n) is 2.73. The maximum Gasteiger partial charge on any atom is 0.153 e. The third-order valence-electron chi connectivity index (χ3n) is 4.15. The Kier molecular flexibility index (Phi) is 4.55. The number of aromatic amines is 1. The van der Waals surface area contributed by atoms with Gasteiger partial charge in [-0.15, -0.1) is 0 Å². The summed E-state index contributed by atoms with van der Waals surface area (Å²) >= 11 is 0. The average Bonchev–Trinajstić information content (AvgIpc) is 2.99. The van der Waals surface area contributed by atoms with Crippen molar-refractivity contribution in [2.75, 3.05) is 13.2 Å². The van der Waals surface area contributed by atoms with Crippen LogP contribution in [0.3, 0.4) is 0 Å². The van der Waals surface area contributed by atoms with Crippen LogP contribution in [0, 0.1) is 0 Å². The Labute approximate surface area is 131 Å². The lowest BCUT2D eigenvalue weighted by Gasteiger charge is -2.37. The molecule has 1 aromatic carbocycles. The minimum atomic E-state index is 0.130. The van der Waals surface area contributed by atoms with E-state index >= 15 is 0 Å². The molecule has 2 atom stereocenters. The van der Waals surface area contributed by atoms with E-state index in [-0.39, 0.29) is 6.10 Å². The van der Waals surface area contributed by atoms with E-state index in [1.807, 2.05) is 6.07 Å². The van der Waals surface area contributed by atoms with Gasteiger partial charge < -0.3 is 4.74 Å². The molecule has 1 aliphatic heterocycles. The molecule has 22 heavy (non-hydrogen) atoms. The van der Waals surface area contributed by atoms with Crippen LogP contribution in [0.1, 0.15) is 50.0 Å². The predicted molar refractivity (Wildman–Crippen MR) is 85.5 cm³/mol. The molecule has 0 saturated carbocycles. The van der Waals surface area contributed by atoms with Gasteiger partial charge in [0, 0.05) is 18.5 Å².